The van der Waals surface area contributed by atoms with Crippen LogP contribution in [0.5, 0.6) is 0 Å². The maximum absolute atomic E-state index is 12.3. The molecular formula is C14H16N4O. The molecule has 1 aliphatic heterocycles. The van der Waals surface area contributed by atoms with E-state index in [4.69, 9.17) is 0 Å². The zero-order valence-corrected chi connectivity index (χ0v) is 10.5. The number of hydrogen-bond donors (Lipinski definition) is 2. The van der Waals surface area contributed by atoms with Gasteiger partial charge in [-0.3, -0.25) is 4.79 Å². The number of amides is 1. The highest BCUT2D eigenvalue weighted by Gasteiger charge is 2.40. The SMILES string of the molecule is O=C(N[C@H]1C[C@H]2CN[C@H]1C2)c1ccc2cncn2c1. The normalized spacial score (nSPS) is 28.9. The first-order valence-electron chi connectivity index (χ1n) is 6.75. The van der Waals surface area contributed by atoms with Crippen molar-refractivity contribution in [3.8, 4) is 0 Å². The largest absolute Gasteiger partial charge is 0.348 e. The minimum Gasteiger partial charge on any atom is -0.348 e. The molecule has 0 aromatic carbocycles. The van der Waals surface area contributed by atoms with Gasteiger partial charge >= 0.3 is 0 Å². The molecule has 1 saturated carbocycles. The molecule has 2 bridgehead atoms. The first kappa shape index (κ1) is 11.0. The van der Waals surface area contributed by atoms with Crippen LogP contribution in [0.25, 0.3) is 5.52 Å². The van der Waals surface area contributed by atoms with Crippen LogP contribution >= 0.6 is 0 Å². The van der Waals surface area contributed by atoms with E-state index in [0.717, 1.165) is 24.4 Å². The van der Waals surface area contributed by atoms with E-state index in [1.54, 1.807) is 12.5 Å². The Labute approximate surface area is 111 Å². The van der Waals surface area contributed by atoms with Gasteiger partial charge in [-0.1, -0.05) is 0 Å². The Morgan fingerprint density at radius 3 is 3.16 bits per heavy atom. The lowest BCUT2D eigenvalue weighted by atomic mass is 10.1. The lowest BCUT2D eigenvalue weighted by Gasteiger charge is -2.23. The van der Waals surface area contributed by atoms with E-state index in [1.165, 1.54) is 6.42 Å². The summed E-state index contributed by atoms with van der Waals surface area (Å²) in [5.74, 6) is 0.751. The quantitative estimate of drug-likeness (QED) is 0.836. The first-order valence-corrected chi connectivity index (χ1v) is 6.75. The molecule has 1 amide bonds. The highest BCUT2D eigenvalue weighted by molar-refractivity contribution is 5.94. The van der Waals surface area contributed by atoms with Gasteiger partial charge in [-0.05, 0) is 37.4 Å². The molecule has 1 aliphatic carbocycles. The van der Waals surface area contributed by atoms with Gasteiger partial charge in [0, 0.05) is 18.3 Å². The van der Waals surface area contributed by atoms with E-state index >= 15 is 0 Å². The predicted molar refractivity (Wildman–Crippen MR) is 71.0 cm³/mol. The number of nitrogens with one attached hydrogen (secondary N) is 2. The van der Waals surface area contributed by atoms with Crippen LogP contribution in [0.15, 0.2) is 30.9 Å². The number of carbonyl (C=O) groups is 1. The Balaban J connectivity index is 1.53. The van der Waals surface area contributed by atoms with Crippen LogP contribution in [0.2, 0.25) is 0 Å². The van der Waals surface area contributed by atoms with Gasteiger partial charge in [-0.15, -0.1) is 0 Å². The van der Waals surface area contributed by atoms with E-state index < -0.39 is 0 Å². The summed E-state index contributed by atoms with van der Waals surface area (Å²) < 4.78 is 1.87. The second-order valence-corrected chi connectivity index (χ2v) is 5.58. The van der Waals surface area contributed by atoms with E-state index in [0.29, 0.717) is 11.6 Å². The van der Waals surface area contributed by atoms with Crippen molar-refractivity contribution in [2.75, 3.05) is 6.54 Å². The summed E-state index contributed by atoms with van der Waals surface area (Å²) >= 11 is 0. The van der Waals surface area contributed by atoms with Gasteiger partial charge in [0.2, 0.25) is 0 Å². The van der Waals surface area contributed by atoms with Gasteiger partial charge in [0.05, 0.1) is 23.6 Å². The topological polar surface area (TPSA) is 58.4 Å². The molecule has 2 aromatic heterocycles. The molecule has 0 spiro atoms. The fourth-order valence-corrected chi connectivity index (χ4v) is 3.32. The number of hydrogen-bond acceptors (Lipinski definition) is 3. The maximum atomic E-state index is 12.3. The van der Waals surface area contributed by atoms with Crippen LogP contribution in [0.1, 0.15) is 23.2 Å². The van der Waals surface area contributed by atoms with Crippen molar-refractivity contribution in [2.45, 2.75) is 24.9 Å². The van der Waals surface area contributed by atoms with Crippen molar-refractivity contribution < 1.29 is 4.79 Å². The average Bonchev–Trinajstić information content (AvgIpc) is 3.13. The zero-order chi connectivity index (χ0) is 12.8. The van der Waals surface area contributed by atoms with Crippen LogP contribution in [0, 0.1) is 5.92 Å². The summed E-state index contributed by atoms with van der Waals surface area (Å²) in [7, 11) is 0. The molecule has 98 valence electrons. The van der Waals surface area contributed by atoms with E-state index in [-0.39, 0.29) is 11.9 Å². The number of imidazole rings is 1. The van der Waals surface area contributed by atoms with Gasteiger partial charge < -0.3 is 15.0 Å². The number of carbonyl (C=O) groups excluding carboxylic acids is 1. The number of pyridine rings is 1. The summed E-state index contributed by atoms with van der Waals surface area (Å²) in [4.78, 5) is 16.3. The van der Waals surface area contributed by atoms with Crippen LogP contribution in [0.3, 0.4) is 0 Å². The first-order chi connectivity index (χ1) is 9.29. The van der Waals surface area contributed by atoms with Crippen molar-refractivity contribution in [1.29, 1.82) is 0 Å². The molecule has 0 radical (unpaired) electrons. The van der Waals surface area contributed by atoms with Crippen molar-refractivity contribution in [1.82, 2.24) is 20.0 Å². The summed E-state index contributed by atoms with van der Waals surface area (Å²) in [6.07, 6.45) is 7.63. The lowest BCUT2D eigenvalue weighted by Crippen LogP contribution is -2.47. The van der Waals surface area contributed by atoms with Gasteiger partial charge in [-0.2, -0.15) is 0 Å². The Bertz CT molecular complexity index is 635. The highest BCUT2D eigenvalue weighted by Crippen LogP contribution is 2.31. The van der Waals surface area contributed by atoms with Gasteiger partial charge in [-0.25, -0.2) is 4.98 Å². The second-order valence-electron chi connectivity index (χ2n) is 5.58. The van der Waals surface area contributed by atoms with Crippen LogP contribution in [-0.4, -0.2) is 33.9 Å². The van der Waals surface area contributed by atoms with E-state index in [2.05, 4.69) is 15.6 Å². The van der Waals surface area contributed by atoms with Crippen LogP contribution in [0.4, 0.5) is 0 Å². The molecule has 4 rings (SSSR count). The lowest BCUT2D eigenvalue weighted by molar-refractivity contribution is 0.0928. The molecule has 2 aliphatic rings. The van der Waals surface area contributed by atoms with Gasteiger partial charge in [0.1, 0.15) is 0 Å². The Hall–Kier alpha value is -1.88. The number of fused-ring (bicyclic) bond motifs is 3. The van der Waals surface area contributed by atoms with Gasteiger partial charge in [0.15, 0.2) is 0 Å². The van der Waals surface area contributed by atoms with Crippen LogP contribution < -0.4 is 10.6 Å². The molecule has 3 heterocycles. The van der Waals surface area contributed by atoms with Crippen molar-refractivity contribution >= 4 is 11.4 Å². The molecule has 0 unspecified atom stereocenters. The van der Waals surface area contributed by atoms with Crippen molar-refractivity contribution in [2.24, 2.45) is 5.92 Å². The zero-order valence-electron chi connectivity index (χ0n) is 10.5. The fraction of sp³-hybridized carbons (Fsp3) is 0.429. The molecule has 3 atom stereocenters. The third-order valence-corrected chi connectivity index (χ3v) is 4.32. The Morgan fingerprint density at radius 2 is 2.37 bits per heavy atom. The number of aromatic nitrogens is 2. The molecule has 5 nitrogen and oxygen atoms in total. The third-order valence-electron chi connectivity index (χ3n) is 4.32. The molecule has 2 fully saturated rings. The molecular weight excluding hydrogens is 240 g/mol. The number of rotatable bonds is 2. The number of nitrogens with zero attached hydrogens (tertiary/aromatic N) is 2. The summed E-state index contributed by atoms with van der Waals surface area (Å²) in [5, 5.41) is 6.61. The maximum Gasteiger partial charge on any atom is 0.253 e. The summed E-state index contributed by atoms with van der Waals surface area (Å²) in [6.45, 7) is 1.11. The summed E-state index contributed by atoms with van der Waals surface area (Å²) in [6, 6.07) is 4.52. The minimum atomic E-state index is 0.00921. The number of piperidine rings is 1. The smallest absolute Gasteiger partial charge is 0.253 e. The average molecular weight is 256 g/mol. The second kappa shape index (κ2) is 4.06. The van der Waals surface area contributed by atoms with Crippen molar-refractivity contribution in [3.05, 3.63) is 36.4 Å². The molecule has 2 aromatic rings. The Kier molecular flexibility index (Phi) is 2.35. The predicted octanol–water partition coefficient (Wildman–Crippen LogP) is 0.814. The third kappa shape index (κ3) is 1.81. The molecule has 19 heavy (non-hydrogen) atoms. The van der Waals surface area contributed by atoms with Crippen molar-refractivity contribution in [3.63, 3.8) is 0 Å². The van der Waals surface area contributed by atoms with Crippen LogP contribution in [-0.2, 0) is 0 Å². The highest BCUT2D eigenvalue weighted by atomic mass is 16.1. The summed E-state index contributed by atoms with van der Waals surface area (Å²) in [5.41, 5.74) is 1.69. The van der Waals surface area contributed by atoms with E-state index in [1.807, 2.05) is 22.7 Å². The Morgan fingerprint density at radius 1 is 1.42 bits per heavy atom. The molecule has 1 saturated heterocycles. The fourth-order valence-electron chi connectivity index (χ4n) is 3.32. The van der Waals surface area contributed by atoms with Gasteiger partial charge in [0.25, 0.3) is 5.91 Å². The standard InChI is InChI=1S/C14H16N4O/c19-14(17-13-4-9-3-12(13)16-5-9)10-1-2-11-6-15-8-18(11)7-10/h1-2,6-9,12-13,16H,3-5H2,(H,17,19)/t9-,12-,13-/m0/s1. The molecule has 2 N–H and O–H groups in total. The minimum absolute atomic E-state index is 0.00921. The molecule has 5 heteroatoms. The van der Waals surface area contributed by atoms with E-state index in [9.17, 15) is 4.79 Å². The monoisotopic (exact) mass is 256 g/mol.